The van der Waals surface area contributed by atoms with E-state index in [4.69, 9.17) is 0 Å². The first kappa shape index (κ1) is 10.5. The number of pyridine rings is 1. The summed E-state index contributed by atoms with van der Waals surface area (Å²) >= 11 is 0. The molecule has 1 N–H and O–H groups in total. The molecule has 1 heterocycles. The van der Waals surface area contributed by atoms with Crippen LogP contribution in [0, 0.1) is 12.7 Å². The van der Waals surface area contributed by atoms with Gasteiger partial charge in [-0.05, 0) is 32.0 Å². The largest absolute Gasteiger partial charge is 0.505 e. The summed E-state index contributed by atoms with van der Waals surface area (Å²) < 4.78 is 13.1. The fraction of sp³-hybridized carbons (Fsp3) is 0.167. The van der Waals surface area contributed by atoms with Crippen LogP contribution < -0.4 is 0 Å². The van der Waals surface area contributed by atoms with E-state index in [0.29, 0.717) is 16.6 Å². The maximum absolute atomic E-state index is 13.1. The van der Waals surface area contributed by atoms with E-state index in [9.17, 15) is 14.3 Å². The van der Waals surface area contributed by atoms with Crippen molar-refractivity contribution in [3.63, 3.8) is 0 Å². The molecule has 0 fully saturated rings. The van der Waals surface area contributed by atoms with E-state index in [1.165, 1.54) is 25.1 Å². The van der Waals surface area contributed by atoms with E-state index in [1.54, 1.807) is 6.92 Å². The zero-order valence-corrected chi connectivity index (χ0v) is 8.91. The van der Waals surface area contributed by atoms with Gasteiger partial charge in [-0.2, -0.15) is 0 Å². The topological polar surface area (TPSA) is 50.2 Å². The maximum atomic E-state index is 13.1. The van der Waals surface area contributed by atoms with Crippen LogP contribution in [0.5, 0.6) is 5.75 Å². The predicted molar refractivity (Wildman–Crippen MR) is 58.1 cm³/mol. The van der Waals surface area contributed by atoms with Crippen LogP contribution in [0.2, 0.25) is 0 Å². The Hall–Kier alpha value is -1.97. The SMILES string of the molecule is CC(=O)c1c(O)c(C)nc2ccc(F)cc12. The second-order valence-electron chi connectivity index (χ2n) is 3.64. The van der Waals surface area contributed by atoms with Gasteiger partial charge < -0.3 is 5.11 Å². The molecule has 0 unspecified atom stereocenters. The number of carbonyl (C=O) groups is 1. The Morgan fingerprint density at radius 2 is 2.12 bits per heavy atom. The van der Waals surface area contributed by atoms with Crippen molar-refractivity contribution < 1.29 is 14.3 Å². The van der Waals surface area contributed by atoms with Gasteiger partial charge in [0, 0.05) is 5.39 Å². The van der Waals surface area contributed by atoms with Crippen molar-refractivity contribution in [1.82, 2.24) is 4.98 Å². The summed E-state index contributed by atoms with van der Waals surface area (Å²) in [5.41, 5.74) is 0.994. The summed E-state index contributed by atoms with van der Waals surface area (Å²) in [4.78, 5) is 15.5. The van der Waals surface area contributed by atoms with Crippen LogP contribution in [-0.4, -0.2) is 15.9 Å². The smallest absolute Gasteiger partial charge is 0.164 e. The number of halogens is 1. The minimum Gasteiger partial charge on any atom is -0.505 e. The molecule has 82 valence electrons. The van der Waals surface area contributed by atoms with Gasteiger partial charge in [0.2, 0.25) is 0 Å². The molecular formula is C12H10FNO2. The molecule has 0 bridgehead atoms. The fourth-order valence-electron chi connectivity index (χ4n) is 1.70. The highest BCUT2D eigenvalue weighted by atomic mass is 19.1. The molecule has 0 aliphatic carbocycles. The molecule has 1 aromatic carbocycles. The number of benzene rings is 1. The van der Waals surface area contributed by atoms with Gasteiger partial charge in [0.1, 0.15) is 11.6 Å². The second kappa shape index (κ2) is 3.56. The van der Waals surface area contributed by atoms with Crippen molar-refractivity contribution in [2.45, 2.75) is 13.8 Å². The fourth-order valence-corrected chi connectivity index (χ4v) is 1.70. The van der Waals surface area contributed by atoms with Crippen molar-refractivity contribution in [3.05, 3.63) is 35.3 Å². The lowest BCUT2D eigenvalue weighted by Gasteiger charge is -2.08. The molecule has 2 rings (SSSR count). The van der Waals surface area contributed by atoms with Crippen molar-refractivity contribution in [2.75, 3.05) is 0 Å². The lowest BCUT2D eigenvalue weighted by molar-refractivity contribution is 0.101. The van der Waals surface area contributed by atoms with Crippen molar-refractivity contribution in [2.24, 2.45) is 0 Å². The predicted octanol–water partition coefficient (Wildman–Crippen LogP) is 2.59. The zero-order valence-electron chi connectivity index (χ0n) is 8.91. The van der Waals surface area contributed by atoms with Gasteiger partial charge in [-0.3, -0.25) is 4.79 Å². The Bertz CT molecular complexity index is 593. The molecule has 0 spiro atoms. The van der Waals surface area contributed by atoms with Crippen LogP contribution in [0.15, 0.2) is 18.2 Å². The van der Waals surface area contributed by atoms with E-state index >= 15 is 0 Å². The summed E-state index contributed by atoms with van der Waals surface area (Å²) in [5.74, 6) is -0.941. The highest BCUT2D eigenvalue weighted by molar-refractivity contribution is 6.08. The third-order valence-corrected chi connectivity index (χ3v) is 2.45. The molecular weight excluding hydrogens is 209 g/mol. The second-order valence-corrected chi connectivity index (χ2v) is 3.64. The van der Waals surface area contributed by atoms with Gasteiger partial charge >= 0.3 is 0 Å². The van der Waals surface area contributed by atoms with Crippen LogP contribution in [-0.2, 0) is 0 Å². The van der Waals surface area contributed by atoms with Crippen LogP contribution >= 0.6 is 0 Å². The normalized spacial score (nSPS) is 10.7. The van der Waals surface area contributed by atoms with Gasteiger partial charge in [0.05, 0.1) is 16.8 Å². The molecule has 0 amide bonds. The van der Waals surface area contributed by atoms with Crippen LogP contribution in [0.25, 0.3) is 10.9 Å². The Balaban J connectivity index is 2.96. The van der Waals surface area contributed by atoms with Gasteiger partial charge in [-0.1, -0.05) is 0 Å². The van der Waals surface area contributed by atoms with E-state index in [-0.39, 0.29) is 17.1 Å². The Labute approximate surface area is 91.5 Å². The number of aromatic nitrogens is 1. The molecule has 0 saturated carbocycles. The zero-order chi connectivity index (χ0) is 11.9. The number of hydrogen-bond donors (Lipinski definition) is 1. The third-order valence-electron chi connectivity index (χ3n) is 2.45. The highest BCUT2D eigenvalue weighted by Gasteiger charge is 2.15. The average Bonchev–Trinajstić information content (AvgIpc) is 2.20. The minimum atomic E-state index is -0.458. The highest BCUT2D eigenvalue weighted by Crippen LogP contribution is 2.29. The lowest BCUT2D eigenvalue weighted by atomic mass is 10.0. The Morgan fingerprint density at radius 1 is 1.44 bits per heavy atom. The number of aryl methyl sites for hydroxylation is 1. The first-order chi connectivity index (χ1) is 7.50. The molecule has 0 saturated heterocycles. The van der Waals surface area contributed by atoms with E-state index in [1.807, 2.05) is 0 Å². The average molecular weight is 219 g/mol. The van der Waals surface area contributed by atoms with E-state index < -0.39 is 5.82 Å². The molecule has 2 aromatic rings. The minimum absolute atomic E-state index is 0.127. The summed E-state index contributed by atoms with van der Waals surface area (Å²) in [6.07, 6.45) is 0. The third kappa shape index (κ3) is 1.52. The summed E-state index contributed by atoms with van der Waals surface area (Å²) in [6.45, 7) is 2.93. The molecule has 0 radical (unpaired) electrons. The molecule has 0 aliphatic rings. The Kier molecular flexibility index (Phi) is 2.34. The molecule has 16 heavy (non-hydrogen) atoms. The summed E-state index contributed by atoms with van der Waals surface area (Å²) in [7, 11) is 0. The van der Waals surface area contributed by atoms with Crippen molar-refractivity contribution in [3.8, 4) is 5.75 Å². The quantitative estimate of drug-likeness (QED) is 0.750. The Morgan fingerprint density at radius 3 is 2.75 bits per heavy atom. The van der Waals surface area contributed by atoms with Crippen LogP contribution in [0.3, 0.4) is 0 Å². The molecule has 3 nitrogen and oxygen atoms in total. The number of fused-ring (bicyclic) bond motifs is 1. The van der Waals surface area contributed by atoms with Crippen LogP contribution in [0.4, 0.5) is 4.39 Å². The maximum Gasteiger partial charge on any atom is 0.164 e. The van der Waals surface area contributed by atoms with E-state index in [2.05, 4.69) is 4.98 Å². The monoisotopic (exact) mass is 219 g/mol. The number of rotatable bonds is 1. The van der Waals surface area contributed by atoms with Gasteiger partial charge in [0.15, 0.2) is 5.78 Å². The summed E-state index contributed by atoms with van der Waals surface area (Å²) in [6, 6.07) is 3.97. The van der Waals surface area contributed by atoms with E-state index in [0.717, 1.165) is 0 Å². The lowest BCUT2D eigenvalue weighted by Crippen LogP contribution is -1.99. The molecule has 4 heteroatoms. The number of Topliss-reactive ketones (excluding diaryl/α,β-unsaturated/α-hetero) is 1. The van der Waals surface area contributed by atoms with Crippen LogP contribution in [0.1, 0.15) is 23.0 Å². The molecule has 1 aromatic heterocycles. The first-order valence-corrected chi connectivity index (χ1v) is 4.80. The van der Waals surface area contributed by atoms with Gasteiger partial charge in [-0.15, -0.1) is 0 Å². The number of nitrogens with zero attached hydrogens (tertiary/aromatic N) is 1. The van der Waals surface area contributed by atoms with Crippen molar-refractivity contribution in [1.29, 1.82) is 0 Å². The molecule has 0 atom stereocenters. The van der Waals surface area contributed by atoms with Crippen molar-refractivity contribution >= 4 is 16.7 Å². The number of aromatic hydroxyl groups is 1. The number of hydrogen-bond acceptors (Lipinski definition) is 3. The first-order valence-electron chi connectivity index (χ1n) is 4.80. The molecule has 0 aliphatic heterocycles. The van der Waals surface area contributed by atoms with Gasteiger partial charge in [0.25, 0.3) is 0 Å². The number of carbonyl (C=O) groups excluding carboxylic acids is 1. The number of ketones is 1. The van der Waals surface area contributed by atoms with Gasteiger partial charge in [-0.25, -0.2) is 9.37 Å². The standard InChI is InChI=1S/C12H10FNO2/c1-6-12(16)11(7(2)15)9-5-8(13)3-4-10(9)14-6/h3-5,16H,1-2H3. The summed E-state index contributed by atoms with van der Waals surface area (Å²) in [5, 5.41) is 10.1.